The van der Waals surface area contributed by atoms with Crippen molar-refractivity contribution >= 4 is 22.6 Å². The van der Waals surface area contributed by atoms with Crippen LogP contribution < -0.4 is 10.9 Å². The van der Waals surface area contributed by atoms with Crippen LogP contribution in [0.1, 0.15) is 42.5 Å². The zero-order valence-corrected chi connectivity index (χ0v) is 18.2. The summed E-state index contributed by atoms with van der Waals surface area (Å²) in [5.74, 6) is 0.552. The van der Waals surface area contributed by atoms with Crippen LogP contribution in [0.2, 0.25) is 0 Å². The van der Waals surface area contributed by atoms with Crippen LogP contribution in [0.15, 0.2) is 58.0 Å². The molecule has 5 rings (SSSR count). The van der Waals surface area contributed by atoms with Crippen molar-refractivity contribution in [3.63, 3.8) is 0 Å². The molecule has 0 aromatic carbocycles. The summed E-state index contributed by atoms with van der Waals surface area (Å²) >= 11 is 0. The molecular weight excluding hydrogens is 406 g/mol. The Morgan fingerprint density at radius 2 is 1.97 bits per heavy atom. The summed E-state index contributed by atoms with van der Waals surface area (Å²) in [6.07, 6.45) is 6.95. The van der Waals surface area contributed by atoms with Crippen molar-refractivity contribution in [3.8, 4) is 0 Å². The lowest BCUT2D eigenvalue weighted by molar-refractivity contribution is 0.0920. The van der Waals surface area contributed by atoms with Crippen LogP contribution in [0.3, 0.4) is 0 Å². The third-order valence-corrected chi connectivity index (χ3v) is 6.31. The number of furan rings is 1. The number of hydrogen-bond acceptors (Lipinski definition) is 5. The number of fused-ring (bicyclic) bond motifs is 3. The van der Waals surface area contributed by atoms with E-state index in [0.717, 1.165) is 25.0 Å². The minimum atomic E-state index is -0.234. The number of nitrogens with zero attached hydrogens (tertiary/aromatic N) is 4. The molecule has 0 unspecified atom stereocenters. The number of carbonyl (C=O) groups is 1. The zero-order valence-electron chi connectivity index (χ0n) is 18.2. The number of amides is 1. The van der Waals surface area contributed by atoms with E-state index in [1.54, 1.807) is 29.0 Å². The van der Waals surface area contributed by atoms with Crippen LogP contribution in [-0.4, -0.2) is 50.4 Å². The molecule has 0 radical (unpaired) electrons. The summed E-state index contributed by atoms with van der Waals surface area (Å²) in [6.45, 7) is 5.31. The molecule has 5 heterocycles. The number of likely N-dealkylation sites (tertiary alicyclic amines) is 1. The number of hydrogen-bond donors (Lipinski definition) is 1. The second kappa shape index (κ2) is 8.63. The average molecular weight is 434 g/mol. The molecule has 8 heteroatoms. The van der Waals surface area contributed by atoms with Crippen LogP contribution in [0.5, 0.6) is 0 Å². The molecule has 0 spiro atoms. The number of pyridine rings is 1. The fraction of sp³-hybridized carbons (Fsp3) is 0.375. The van der Waals surface area contributed by atoms with E-state index in [2.05, 4.69) is 22.1 Å². The van der Waals surface area contributed by atoms with Gasteiger partial charge in [-0.15, -0.1) is 0 Å². The van der Waals surface area contributed by atoms with E-state index < -0.39 is 0 Å². The standard InChI is InChI=1S/C24H27N5O3/c1-17(27-13-2-3-14-27)10-12-26-23(30)21-9-8-18(32-21)16-29-22-19(6-4-11-25-22)28-15-5-7-20(28)24(29)31/h4-9,11,15,17H,2-3,10,12-14,16H2,1H3,(H,26,30)/t17-/m1/s1. The molecule has 1 atom stereocenters. The van der Waals surface area contributed by atoms with Gasteiger partial charge in [-0.25, -0.2) is 4.98 Å². The molecule has 0 bridgehead atoms. The highest BCUT2D eigenvalue weighted by Gasteiger charge is 2.19. The van der Waals surface area contributed by atoms with E-state index in [0.29, 0.717) is 29.5 Å². The van der Waals surface area contributed by atoms with Crippen molar-refractivity contribution in [2.24, 2.45) is 0 Å². The van der Waals surface area contributed by atoms with Crippen LogP contribution in [0.25, 0.3) is 16.7 Å². The Morgan fingerprint density at radius 1 is 1.16 bits per heavy atom. The van der Waals surface area contributed by atoms with E-state index in [1.807, 2.05) is 28.8 Å². The summed E-state index contributed by atoms with van der Waals surface area (Å²) < 4.78 is 9.21. The topological polar surface area (TPSA) is 84.8 Å². The molecule has 1 N–H and O–H groups in total. The molecule has 0 saturated carbocycles. The summed E-state index contributed by atoms with van der Waals surface area (Å²) in [5, 5.41) is 2.95. The molecule has 1 saturated heterocycles. The van der Waals surface area contributed by atoms with E-state index in [9.17, 15) is 9.59 Å². The monoisotopic (exact) mass is 433 g/mol. The maximum atomic E-state index is 13.0. The van der Waals surface area contributed by atoms with Crippen LogP contribution in [0.4, 0.5) is 0 Å². The Balaban J connectivity index is 1.30. The normalized spacial score (nSPS) is 15.5. The van der Waals surface area contributed by atoms with Crippen molar-refractivity contribution in [1.29, 1.82) is 0 Å². The first-order chi connectivity index (χ1) is 15.6. The molecular formula is C24H27N5O3. The van der Waals surface area contributed by atoms with Crippen molar-refractivity contribution in [3.05, 3.63) is 70.7 Å². The van der Waals surface area contributed by atoms with Gasteiger partial charge in [0.2, 0.25) is 0 Å². The van der Waals surface area contributed by atoms with Gasteiger partial charge in [-0.1, -0.05) is 0 Å². The summed E-state index contributed by atoms with van der Waals surface area (Å²) in [5.41, 5.74) is 1.82. The van der Waals surface area contributed by atoms with Gasteiger partial charge < -0.3 is 19.0 Å². The third-order valence-electron chi connectivity index (χ3n) is 6.31. The Bertz CT molecular complexity index is 1310. The van der Waals surface area contributed by atoms with E-state index in [4.69, 9.17) is 4.42 Å². The first-order valence-corrected chi connectivity index (χ1v) is 11.2. The Kier molecular flexibility index (Phi) is 5.53. The van der Waals surface area contributed by atoms with E-state index >= 15 is 0 Å². The van der Waals surface area contributed by atoms with Gasteiger partial charge in [-0.3, -0.25) is 14.2 Å². The molecule has 8 nitrogen and oxygen atoms in total. The lowest BCUT2D eigenvalue weighted by Crippen LogP contribution is -2.34. The third kappa shape index (κ3) is 3.82. The molecule has 1 fully saturated rings. The summed E-state index contributed by atoms with van der Waals surface area (Å²) in [4.78, 5) is 32.5. The van der Waals surface area contributed by atoms with Crippen molar-refractivity contribution in [2.75, 3.05) is 19.6 Å². The molecule has 32 heavy (non-hydrogen) atoms. The predicted octanol–water partition coefficient (Wildman–Crippen LogP) is 2.89. The molecule has 0 aliphatic carbocycles. The first kappa shape index (κ1) is 20.5. The van der Waals surface area contributed by atoms with Crippen molar-refractivity contribution < 1.29 is 9.21 Å². The number of rotatable bonds is 7. The Hall–Kier alpha value is -3.39. The van der Waals surface area contributed by atoms with Crippen LogP contribution >= 0.6 is 0 Å². The molecule has 166 valence electrons. The molecule has 4 aromatic heterocycles. The Labute approximate surface area is 185 Å². The minimum Gasteiger partial charge on any atom is -0.454 e. The largest absolute Gasteiger partial charge is 0.454 e. The molecule has 1 aliphatic rings. The van der Waals surface area contributed by atoms with Crippen LogP contribution in [0, 0.1) is 0 Å². The van der Waals surface area contributed by atoms with Gasteiger partial charge in [0.05, 0.1) is 12.1 Å². The van der Waals surface area contributed by atoms with Gasteiger partial charge in [0.15, 0.2) is 11.4 Å². The van der Waals surface area contributed by atoms with Gasteiger partial charge in [-0.05, 0) is 75.7 Å². The zero-order chi connectivity index (χ0) is 22.1. The lowest BCUT2D eigenvalue weighted by atomic mass is 10.2. The predicted molar refractivity (Wildman–Crippen MR) is 122 cm³/mol. The maximum absolute atomic E-state index is 13.0. The molecule has 4 aromatic rings. The fourth-order valence-corrected chi connectivity index (χ4v) is 4.52. The fourth-order valence-electron chi connectivity index (χ4n) is 4.52. The second-order valence-electron chi connectivity index (χ2n) is 8.40. The highest BCUT2D eigenvalue weighted by molar-refractivity contribution is 5.91. The van der Waals surface area contributed by atoms with Gasteiger partial charge in [0, 0.05) is 25.0 Å². The summed E-state index contributed by atoms with van der Waals surface area (Å²) in [7, 11) is 0. The van der Waals surface area contributed by atoms with E-state index in [1.165, 1.54) is 12.8 Å². The minimum absolute atomic E-state index is 0.153. The Morgan fingerprint density at radius 3 is 2.81 bits per heavy atom. The van der Waals surface area contributed by atoms with Gasteiger partial charge in [-0.2, -0.15) is 0 Å². The van der Waals surface area contributed by atoms with E-state index in [-0.39, 0.29) is 23.8 Å². The van der Waals surface area contributed by atoms with Gasteiger partial charge in [0.1, 0.15) is 11.3 Å². The number of nitrogens with one attached hydrogen (secondary N) is 1. The lowest BCUT2D eigenvalue weighted by Gasteiger charge is -2.23. The molecule has 1 amide bonds. The number of carbonyl (C=O) groups excluding carboxylic acids is 1. The quantitative estimate of drug-likeness (QED) is 0.484. The molecule has 1 aliphatic heterocycles. The highest BCUT2D eigenvalue weighted by Crippen LogP contribution is 2.16. The SMILES string of the molecule is C[C@H](CCNC(=O)c1ccc(Cn2c(=O)c3cccn3c3cccnc32)o1)N1CCCC1. The second-order valence-corrected chi connectivity index (χ2v) is 8.40. The summed E-state index contributed by atoms with van der Waals surface area (Å²) in [6, 6.07) is 11.3. The van der Waals surface area contributed by atoms with Gasteiger partial charge in [0.25, 0.3) is 11.5 Å². The van der Waals surface area contributed by atoms with Crippen molar-refractivity contribution in [2.45, 2.75) is 38.8 Å². The average Bonchev–Trinajstić information content (AvgIpc) is 3.58. The smallest absolute Gasteiger partial charge is 0.286 e. The van der Waals surface area contributed by atoms with Crippen molar-refractivity contribution in [1.82, 2.24) is 24.2 Å². The highest BCUT2D eigenvalue weighted by atomic mass is 16.4. The number of aromatic nitrogens is 3. The maximum Gasteiger partial charge on any atom is 0.286 e. The first-order valence-electron chi connectivity index (χ1n) is 11.2. The van der Waals surface area contributed by atoms with Gasteiger partial charge >= 0.3 is 0 Å². The van der Waals surface area contributed by atoms with Crippen LogP contribution in [-0.2, 0) is 6.54 Å².